The Kier molecular flexibility index (Phi) is 14.5. The van der Waals surface area contributed by atoms with Crippen molar-refractivity contribution in [3.63, 3.8) is 0 Å². The van der Waals surface area contributed by atoms with Crippen LogP contribution < -0.4 is 0 Å². The Labute approximate surface area is 333 Å². The number of cyclic esters (lactones) is 1. The van der Waals surface area contributed by atoms with Crippen molar-refractivity contribution in [3.8, 4) is 11.1 Å². The molecular formula is C45H53NO11. The lowest BCUT2D eigenvalue weighted by Crippen LogP contribution is -2.61. The van der Waals surface area contributed by atoms with Crippen LogP contribution in [0.5, 0.6) is 0 Å². The van der Waals surface area contributed by atoms with Crippen molar-refractivity contribution in [3.05, 3.63) is 119 Å². The molecule has 7 atom stereocenters. The molecule has 0 radical (unpaired) electrons. The minimum Gasteiger partial charge on any atom is -0.457 e. The zero-order valence-electron chi connectivity index (χ0n) is 33.2. The third-order valence-electron chi connectivity index (χ3n) is 10.5. The number of carbonyl (C=O) groups is 3. The van der Waals surface area contributed by atoms with Gasteiger partial charge < -0.3 is 37.9 Å². The summed E-state index contributed by atoms with van der Waals surface area (Å²) >= 11 is 0. The predicted molar refractivity (Wildman–Crippen MR) is 210 cm³/mol. The van der Waals surface area contributed by atoms with Crippen LogP contribution in [0.1, 0.15) is 60.2 Å². The van der Waals surface area contributed by atoms with E-state index in [1.54, 1.807) is 6.07 Å². The summed E-state index contributed by atoms with van der Waals surface area (Å²) in [6, 6.07) is 28.6. The number of amides is 2. The van der Waals surface area contributed by atoms with Crippen LogP contribution in [0.3, 0.4) is 0 Å². The number of hydrogen-bond acceptors (Lipinski definition) is 11. The van der Waals surface area contributed by atoms with E-state index in [1.807, 2.05) is 106 Å². The number of aliphatic hydroxyl groups is 1. The quantitative estimate of drug-likeness (QED) is 0.0638. The van der Waals surface area contributed by atoms with Gasteiger partial charge in [-0.2, -0.15) is 0 Å². The predicted octanol–water partition coefficient (Wildman–Crippen LogP) is 6.93. The molecule has 2 aliphatic rings. The van der Waals surface area contributed by atoms with E-state index in [2.05, 4.69) is 0 Å². The molecule has 4 aromatic rings. The third-order valence-corrected chi connectivity index (χ3v) is 10.5. The Balaban J connectivity index is 1.20. The van der Waals surface area contributed by atoms with Crippen molar-refractivity contribution in [2.45, 2.75) is 90.5 Å². The van der Waals surface area contributed by atoms with Crippen LogP contribution in [0.15, 0.2) is 95.4 Å². The third kappa shape index (κ3) is 10.1. The summed E-state index contributed by atoms with van der Waals surface area (Å²) in [5.41, 5.74) is 4.53. The van der Waals surface area contributed by atoms with E-state index in [0.29, 0.717) is 18.6 Å². The Bertz CT molecular complexity index is 1930. The summed E-state index contributed by atoms with van der Waals surface area (Å²) in [5, 5.41) is 10.4. The second-order valence-electron chi connectivity index (χ2n) is 14.9. The maximum absolute atomic E-state index is 13.8. The number of ketones is 1. The number of hydrogen-bond donors (Lipinski definition) is 1. The van der Waals surface area contributed by atoms with E-state index in [0.717, 1.165) is 32.7 Å². The lowest BCUT2D eigenvalue weighted by Gasteiger charge is -2.45. The van der Waals surface area contributed by atoms with Crippen molar-refractivity contribution in [2.75, 3.05) is 26.9 Å². The lowest BCUT2D eigenvalue weighted by molar-refractivity contribution is -0.319. The van der Waals surface area contributed by atoms with Gasteiger partial charge in [0.15, 0.2) is 12.1 Å². The smallest absolute Gasteiger partial charge is 0.417 e. The van der Waals surface area contributed by atoms with E-state index in [9.17, 15) is 19.5 Å². The molecule has 2 aliphatic heterocycles. The van der Waals surface area contributed by atoms with Crippen molar-refractivity contribution >= 4 is 17.8 Å². The fraction of sp³-hybridized carbons (Fsp3) is 0.444. The Morgan fingerprint density at radius 3 is 2.14 bits per heavy atom. The number of rotatable bonds is 18. The van der Waals surface area contributed by atoms with Gasteiger partial charge >= 0.3 is 6.09 Å². The van der Waals surface area contributed by atoms with Gasteiger partial charge in [-0.25, -0.2) is 9.69 Å². The number of nitrogens with zero attached hydrogens (tertiary/aromatic N) is 1. The highest BCUT2D eigenvalue weighted by atomic mass is 16.7. The van der Waals surface area contributed by atoms with Crippen molar-refractivity contribution < 1.29 is 52.3 Å². The van der Waals surface area contributed by atoms with Gasteiger partial charge in [-0.1, -0.05) is 104 Å². The molecule has 2 amide bonds. The van der Waals surface area contributed by atoms with Crippen molar-refractivity contribution in [1.29, 1.82) is 0 Å². The van der Waals surface area contributed by atoms with Crippen molar-refractivity contribution in [2.24, 2.45) is 11.8 Å². The number of benzene rings is 3. The van der Waals surface area contributed by atoms with Crippen LogP contribution in [0, 0.1) is 18.8 Å². The van der Waals surface area contributed by atoms with E-state index < -0.39 is 60.4 Å². The largest absolute Gasteiger partial charge is 0.457 e. The summed E-state index contributed by atoms with van der Waals surface area (Å²) in [7, 11) is 1.52. The average Bonchev–Trinajstić information content (AvgIpc) is 3.84. The van der Waals surface area contributed by atoms with Crippen LogP contribution in [0.25, 0.3) is 11.1 Å². The maximum atomic E-state index is 13.8. The first-order valence-corrected chi connectivity index (χ1v) is 19.5. The highest BCUT2D eigenvalue weighted by Gasteiger charge is 2.48. The molecule has 0 unspecified atom stereocenters. The molecule has 3 heterocycles. The molecule has 0 saturated carbocycles. The fourth-order valence-corrected chi connectivity index (χ4v) is 7.27. The molecule has 12 heteroatoms. The molecule has 1 aromatic heterocycles. The van der Waals surface area contributed by atoms with E-state index >= 15 is 0 Å². The van der Waals surface area contributed by atoms with E-state index in [1.165, 1.54) is 14.0 Å². The monoisotopic (exact) mass is 783 g/mol. The summed E-state index contributed by atoms with van der Waals surface area (Å²) < 4.78 is 42.9. The van der Waals surface area contributed by atoms with Gasteiger partial charge in [0.1, 0.15) is 42.7 Å². The van der Waals surface area contributed by atoms with Gasteiger partial charge in [-0.05, 0) is 48.9 Å². The Morgan fingerprint density at radius 2 is 1.53 bits per heavy atom. The second-order valence-corrected chi connectivity index (χ2v) is 14.9. The van der Waals surface area contributed by atoms with Crippen LogP contribution in [0.4, 0.5) is 4.79 Å². The molecule has 2 fully saturated rings. The minimum atomic E-state index is -1.17. The molecule has 0 spiro atoms. The molecule has 0 aliphatic carbocycles. The molecule has 12 nitrogen and oxygen atoms in total. The molecule has 0 bridgehead atoms. The number of Topliss-reactive ketones (excluding diaryl/α,β-unsaturated/α-hetero) is 1. The average molecular weight is 784 g/mol. The van der Waals surface area contributed by atoms with Gasteiger partial charge in [0.25, 0.3) is 0 Å². The number of ether oxygens (including phenoxy) is 6. The first-order chi connectivity index (χ1) is 27.6. The topological polar surface area (TPSA) is 143 Å². The number of carbonyl (C=O) groups excluding carboxylic acids is 3. The molecule has 6 rings (SSSR count). The molecule has 3 aromatic carbocycles. The van der Waals surface area contributed by atoms with Crippen LogP contribution in [0.2, 0.25) is 0 Å². The normalized spacial score (nSPS) is 22.8. The molecule has 304 valence electrons. The summed E-state index contributed by atoms with van der Waals surface area (Å²) in [6.45, 7) is 7.81. The van der Waals surface area contributed by atoms with Crippen molar-refractivity contribution in [1.82, 2.24) is 4.90 Å². The van der Waals surface area contributed by atoms with Gasteiger partial charge in [0.05, 0.1) is 25.9 Å². The zero-order valence-corrected chi connectivity index (χ0v) is 33.2. The maximum Gasteiger partial charge on any atom is 0.417 e. The zero-order chi connectivity index (χ0) is 40.5. The minimum absolute atomic E-state index is 0.0277. The number of methoxy groups -OCH3 is 1. The van der Waals surface area contributed by atoms with Gasteiger partial charge in [0, 0.05) is 25.7 Å². The SMILES string of the molecule is CO[C@H]1O[C@H](CO)[C@@H](OCc2ccccc2)[C@H](OCc2ccccc2)[C@@H]1OCCCc1oc(C(=O)[C@@H](C)C(=O)N2C(=O)OC[C@H]2C(C)C)cc1-c1cccc(C)c1. The molecule has 57 heavy (non-hydrogen) atoms. The lowest BCUT2D eigenvalue weighted by atomic mass is 9.97. The summed E-state index contributed by atoms with van der Waals surface area (Å²) in [4.78, 5) is 41.0. The summed E-state index contributed by atoms with van der Waals surface area (Å²) in [5.74, 6) is -1.78. The second kappa shape index (κ2) is 19.6. The number of aliphatic hydroxyl groups excluding tert-OH is 1. The highest BCUT2D eigenvalue weighted by molar-refractivity contribution is 6.12. The number of furan rings is 1. The van der Waals surface area contributed by atoms with Gasteiger partial charge in [0.2, 0.25) is 11.7 Å². The van der Waals surface area contributed by atoms with Crippen LogP contribution in [-0.2, 0) is 52.9 Å². The fourth-order valence-electron chi connectivity index (χ4n) is 7.27. The standard InChI is InChI=1S/C45H53NO11/c1-28(2)35-27-55-45(50)46(35)43(49)30(4)39(48)37-23-34(33-19-12-14-29(3)22-33)36(56-37)20-13-21-52-42-41(54-26-32-17-10-7-11-18-32)40(38(24-47)57-44(42)51-5)53-25-31-15-8-6-9-16-31/h6-12,14-19,22-23,28,30,35,38,40-42,44,47H,13,20-21,24-27H2,1-5H3/t30-,35+,38-,40-,41+,42+,44+/m1/s1. The van der Waals surface area contributed by atoms with Gasteiger partial charge in [-0.3, -0.25) is 9.59 Å². The molecule has 2 saturated heterocycles. The first-order valence-electron chi connectivity index (χ1n) is 19.5. The Morgan fingerprint density at radius 1 is 0.860 bits per heavy atom. The molecule has 1 N–H and O–H groups in total. The first kappa shape index (κ1) is 41.9. The van der Waals surface area contributed by atoms with E-state index in [4.69, 9.17) is 32.8 Å². The Hall–Kier alpha value is -4.69. The van der Waals surface area contributed by atoms with Crippen LogP contribution in [-0.4, -0.2) is 91.5 Å². The highest BCUT2D eigenvalue weighted by Crippen LogP contribution is 2.33. The van der Waals surface area contributed by atoms with Crippen LogP contribution >= 0.6 is 0 Å². The van der Waals surface area contributed by atoms with E-state index in [-0.39, 0.29) is 44.7 Å². The summed E-state index contributed by atoms with van der Waals surface area (Å²) in [6.07, 6.45) is -3.58. The number of imide groups is 1. The number of aryl methyl sites for hydroxylation is 2. The molecular weight excluding hydrogens is 730 g/mol. The van der Waals surface area contributed by atoms with Gasteiger partial charge in [-0.15, -0.1) is 0 Å².